The van der Waals surface area contributed by atoms with E-state index in [0.29, 0.717) is 23.0 Å². The Morgan fingerprint density at radius 2 is 1.83 bits per heavy atom. The molecule has 0 radical (unpaired) electrons. The van der Waals surface area contributed by atoms with Crippen molar-refractivity contribution in [2.75, 3.05) is 12.4 Å². The molecule has 35 heavy (non-hydrogen) atoms. The van der Waals surface area contributed by atoms with E-state index < -0.39 is 5.97 Å². The van der Waals surface area contributed by atoms with Crippen LogP contribution in [0.15, 0.2) is 71.1 Å². The lowest BCUT2D eigenvalue weighted by Gasteiger charge is -2.15. The average Bonchev–Trinajstić information content (AvgIpc) is 3.39. The molecule has 5 rings (SSSR count). The Morgan fingerprint density at radius 3 is 2.57 bits per heavy atom. The Kier molecular flexibility index (Phi) is 5.53. The van der Waals surface area contributed by atoms with Gasteiger partial charge in [0.15, 0.2) is 0 Å². The highest BCUT2D eigenvalue weighted by molar-refractivity contribution is 5.97. The van der Waals surface area contributed by atoms with Crippen LogP contribution in [0.25, 0.3) is 28.0 Å². The number of carboxylic acids is 1. The summed E-state index contributed by atoms with van der Waals surface area (Å²) in [5.41, 5.74) is 5.80. The van der Waals surface area contributed by atoms with E-state index in [1.165, 1.54) is 13.2 Å². The molecule has 0 fully saturated rings. The lowest BCUT2D eigenvalue weighted by atomic mass is 10.1. The molecular formula is C28H25N3O4. The molecule has 0 bridgehead atoms. The summed E-state index contributed by atoms with van der Waals surface area (Å²) in [4.78, 5) is 12.1. The van der Waals surface area contributed by atoms with Crippen LogP contribution in [-0.2, 0) is 0 Å². The van der Waals surface area contributed by atoms with Gasteiger partial charge >= 0.3 is 5.97 Å². The van der Waals surface area contributed by atoms with Gasteiger partial charge in [0, 0.05) is 5.39 Å². The molecule has 2 aromatic heterocycles. The fraction of sp³-hybridized carbons (Fsp3) is 0.143. The van der Waals surface area contributed by atoms with Crippen molar-refractivity contribution in [3.8, 4) is 22.8 Å². The maximum atomic E-state index is 12.1. The number of rotatable bonds is 6. The zero-order valence-electron chi connectivity index (χ0n) is 19.9. The third kappa shape index (κ3) is 4.01. The lowest BCUT2D eigenvalue weighted by molar-refractivity contribution is 0.0697. The number of nitrogens with one attached hydrogen (secondary N) is 1. The van der Waals surface area contributed by atoms with Crippen molar-refractivity contribution < 1.29 is 19.1 Å². The molecule has 0 unspecified atom stereocenters. The average molecular weight is 468 g/mol. The Balaban J connectivity index is 1.75. The number of nitrogens with zero attached hydrogens (tertiary/aromatic N) is 2. The summed E-state index contributed by atoms with van der Waals surface area (Å²) in [6.45, 7) is 5.95. The topological polar surface area (TPSA) is 89.5 Å². The SMILES string of the molecule is COc1ccc(Nc2c(-c3cc4ccc(C)cc4o3)c(C)nn2-c2ccccc2C)c(C(=O)O)c1. The molecule has 2 heterocycles. The standard InChI is InChI=1S/C28H25N3O4/c1-16-9-10-19-14-25(35-24(19)13-16)26-18(3)30-31(23-8-6-5-7-17(23)2)27(26)29-22-12-11-20(34-4)15-21(22)28(32)33/h5-15,29H,1-4H3,(H,32,33). The number of anilines is 2. The highest BCUT2D eigenvalue weighted by Crippen LogP contribution is 2.39. The smallest absolute Gasteiger partial charge is 0.337 e. The number of carbonyl (C=O) groups is 1. The molecule has 3 aromatic carbocycles. The zero-order chi connectivity index (χ0) is 24.7. The second kappa shape index (κ2) is 8.68. The molecule has 0 spiro atoms. The number of benzene rings is 3. The molecule has 0 aliphatic carbocycles. The summed E-state index contributed by atoms with van der Waals surface area (Å²) in [5, 5.41) is 19.0. The normalized spacial score (nSPS) is 11.1. The van der Waals surface area contributed by atoms with Gasteiger partial charge in [-0.25, -0.2) is 9.48 Å². The number of aromatic nitrogens is 2. The molecule has 5 aromatic rings. The monoisotopic (exact) mass is 467 g/mol. The van der Waals surface area contributed by atoms with Crippen molar-refractivity contribution in [3.63, 3.8) is 0 Å². The van der Waals surface area contributed by atoms with Crippen molar-refractivity contribution in [1.82, 2.24) is 9.78 Å². The molecule has 0 saturated heterocycles. The van der Waals surface area contributed by atoms with Crippen LogP contribution in [0.2, 0.25) is 0 Å². The molecule has 7 nitrogen and oxygen atoms in total. The number of hydrogen-bond donors (Lipinski definition) is 2. The first kappa shape index (κ1) is 22.3. The van der Waals surface area contributed by atoms with Crippen LogP contribution in [0.4, 0.5) is 11.5 Å². The first-order valence-corrected chi connectivity index (χ1v) is 11.2. The van der Waals surface area contributed by atoms with E-state index in [2.05, 4.69) is 5.32 Å². The Labute approximate surface area is 202 Å². The minimum atomic E-state index is -1.06. The van der Waals surface area contributed by atoms with E-state index in [1.54, 1.807) is 16.8 Å². The van der Waals surface area contributed by atoms with Gasteiger partial charge < -0.3 is 19.6 Å². The summed E-state index contributed by atoms with van der Waals surface area (Å²) in [6, 6.07) is 20.9. The summed E-state index contributed by atoms with van der Waals surface area (Å²) in [5.74, 6) is 0.659. The minimum absolute atomic E-state index is 0.0886. The first-order chi connectivity index (χ1) is 16.9. The maximum Gasteiger partial charge on any atom is 0.337 e. The number of ether oxygens (including phenoxy) is 1. The molecule has 0 atom stereocenters. The highest BCUT2D eigenvalue weighted by Gasteiger charge is 2.24. The van der Waals surface area contributed by atoms with E-state index in [4.69, 9.17) is 14.3 Å². The molecule has 2 N–H and O–H groups in total. The van der Waals surface area contributed by atoms with Crippen LogP contribution in [0.3, 0.4) is 0 Å². The van der Waals surface area contributed by atoms with Gasteiger partial charge in [0.25, 0.3) is 0 Å². The van der Waals surface area contributed by atoms with Crippen LogP contribution >= 0.6 is 0 Å². The lowest BCUT2D eigenvalue weighted by Crippen LogP contribution is -2.08. The van der Waals surface area contributed by atoms with Gasteiger partial charge in [-0.1, -0.05) is 30.3 Å². The summed E-state index contributed by atoms with van der Waals surface area (Å²) in [7, 11) is 1.51. The van der Waals surface area contributed by atoms with Gasteiger partial charge in [-0.05, 0) is 68.3 Å². The molecule has 0 saturated carbocycles. The quantitative estimate of drug-likeness (QED) is 0.290. The third-order valence-electron chi connectivity index (χ3n) is 6.04. The second-order valence-corrected chi connectivity index (χ2v) is 8.50. The number of furan rings is 1. The van der Waals surface area contributed by atoms with Crippen LogP contribution in [0.1, 0.15) is 27.2 Å². The van der Waals surface area contributed by atoms with Gasteiger partial charge in [0.2, 0.25) is 0 Å². The number of hydrogen-bond acceptors (Lipinski definition) is 5. The summed E-state index contributed by atoms with van der Waals surface area (Å²) in [6.07, 6.45) is 0. The van der Waals surface area contributed by atoms with Gasteiger partial charge in [0.1, 0.15) is 22.9 Å². The Bertz CT molecular complexity index is 1580. The van der Waals surface area contributed by atoms with E-state index in [1.807, 2.05) is 69.3 Å². The second-order valence-electron chi connectivity index (χ2n) is 8.50. The fourth-order valence-electron chi connectivity index (χ4n) is 4.24. The van der Waals surface area contributed by atoms with Crippen molar-refractivity contribution in [2.45, 2.75) is 20.8 Å². The van der Waals surface area contributed by atoms with E-state index in [-0.39, 0.29) is 5.56 Å². The predicted octanol–water partition coefficient (Wildman–Crippen LogP) is 6.66. The number of aromatic carboxylic acids is 1. The predicted molar refractivity (Wildman–Crippen MR) is 136 cm³/mol. The Morgan fingerprint density at radius 1 is 1.03 bits per heavy atom. The first-order valence-electron chi connectivity index (χ1n) is 11.2. The number of fused-ring (bicyclic) bond motifs is 1. The zero-order valence-corrected chi connectivity index (χ0v) is 19.9. The molecular weight excluding hydrogens is 442 g/mol. The van der Waals surface area contributed by atoms with Crippen LogP contribution in [-0.4, -0.2) is 28.0 Å². The van der Waals surface area contributed by atoms with Gasteiger partial charge in [-0.3, -0.25) is 0 Å². The minimum Gasteiger partial charge on any atom is -0.497 e. The number of para-hydroxylation sites is 1. The molecule has 0 aliphatic rings. The number of methoxy groups -OCH3 is 1. The van der Waals surface area contributed by atoms with Crippen molar-refractivity contribution in [1.29, 1.82) is 0 Å². The fourth-order valence-corrected chi connectivity index (χ4v) is 4.24. The van der Waals surface area contributed by atoms with Gasteiger partial charge in [-0.15, -0.1) is 0 Å². The molecule has 0 aliphatic heterocycles. The molecule has 7 heteroatoms. The highest BCUT2D eigenvalue weighted by atomic mass is 16.5. The van der Waals surface area contributed by atoms with Crippen molar-refractivity contribution >= 4 is 28.4 Å². The summed E-state index contributed by atoms with van der Waals surface area (Å²) >= 11 is 0. The number of aryl methyl sites for hydroxylation is 3. The van der Waals surface area contributed by atoms with E-state index in [9.17, 15) is 9.90 Å². The van der Waals surface area contributed by atoms with E-state index in [0.717, 1.165) is 39.0 Å². The summed E-state index contributed by atoms with van der Waals surface area (Å²) < 4.78 is 13.3. The maximum absolute atomic E-state index is 12.1. The third-order valence-corrected chi connectivity index (χ3v) is 6.04. The van der Waals surface area contributed by atoms with Crippen molar-refractivity contribution in [3.05, 3.63) is 89.1 Å². The van der Waals surface area contributed by atoms with Crippen molar-refractivity contribution in [2.24, 2.45) is 0 Å². The van der Waals surface area contributed by atoms with Crippen LogP contribution in [0.5, 0.6) is 5.75 Å². The largest absolute Gasteiger partial charge is 0.497 e. The van der Waals surface area contributed by atoms with Crippen LogP contribution < -0.4 is 10.1 Å². The van der Waals surface area contributed by atoms with Crippen LogP contribution in [0, 0.1) is 20.8 Å². The Hall–Kier alpha value is -4.52. The molecule has 0 amide bonds. The van der Waals surface area contributed by atoms with Gasteiger partial charge in [0.05, 0.1) is 35.3 Å². The molecule has 176 valence electrons. The van der Waals surface area contributed by atoms with E-state index >= 15 is 0 Å². The number of carboxylic acid groups (broad SMARTS) is 1. The van der Waals surface area contributed by atoms with Gasteiger partial charge in [-0.2, -0.15) is 5.10 Å².